The number of aliphatic carboxylic acids is 2. The van der Waals surface area contributed by atoms with Crippen molar-refractivity contribution >= 4 is 35.3 Å². The van der Waals surface area contributed by atoms with Crippen LogP contribution in [0.25, 0.3) is 20.9 Å². The molecule has 0 radical (unpaired) electrons. The molecule has 214 valence electrons. The number of carboxylic acids is 2. The van der Waals surface area contributed by atoms with Crippen LogP contribution in [-0.4, -0.2) is 88.1 Å². The van der Waals surface area contributed by atoms with Crippen molar-refractivity contribution in [2.45, 2.75) is 29.5 Å². The molecule has 1 fully saturated rings. The third-order valence-electron chi connectivity index (χ3n) is 5.10. The van der Waals surface area contributed by atoms with Crippen molar-refractivity contribution in [2.75, 3.05) is 19.6 Å². The number of nitrogens with zero attached hydrogens (tertiary/aromatic N) is 7. The maximum Gasteiger partial charge on any atom is 0.490 e. The van der Waals surface area contributed by atoms with Gasteiger partial charge in [-0.15, -0.1) is 11.6 Å². The second kappa shape index (κ2) is 13.7. The number of hydrogen-bond acceptors (Lipinski definition) is 10. The summed E-state index contributed by atoms with van der Waals surface area (Å²) in [6, 6.07) is 0. The van der Waals surface area contributed by atoms with Gasteiger partial charge < -0.3 is 32.1 Å². The highest BCUT2D eigenvalue weighted by Crippen LogP contribution is 2.51. The van der Waals surface area contributed by atoms with E-state index in [2.05, 4.69) is 30.4 Å². The first kappa shape index (κ1) is 34.3. The van der Waals surface area contributed by atoms with Crippen LogP contribution in [0.1, 0.15) is 0 Å². The lowest BCUT2D eigenvalue weighted by Crippen LogP contribution is -2.62. The number of halogens is 7. The van der Waals surface area contributed by atoms with Gasteiger partial charge in [-0.3, -0.25) is 4.79 Å². The van der Waals surface area contributed by atoms with Crippen LogP contribution in [-0.2, 0) is 14.4 Å². The number of azide groups is 2. The molecule has 1 aliphatic heterocycles. The fraction of sp³-hybridized carbons (Fsp3) is 0.733. The summed E-state index contributed by atoms with van der Waals surface area (Å²) < 4.78 is 63.5. The number of hydrogen-bond donors (Lipinski definition) is 6. The zero-order valence-electron chi connectivity index (χ0n) is 18.5. The van der Waals surface area contributed by atoms with Crippen molar-refractivity contribution in [1.82, 2.24) is 5.32 Å². The maximum atomic E-state index is 12.5. The second-order valence-corrected chi connectivity index (χ2v) is 7.73. The highest BCUT2D eigenvalue weighted by atomic mass is 35.5. The number of carbonyl (C=O) groups excluding carboxylic acids is 1. The summed E-state index contributed by atoms with van der Waals surface area (Å²) in [5.74, 6) is -8.01. The molecule has 23 heteroatoms. The van der Waals surface area contributed by atoms with Gasteiger partial charge in [-0.1, -0.05) is 10.2 Å². The Morgan fingerprint density at radius 2 is 1.42 bits per heavy atom. The number of ketones is 1. The van der Waals surface area contributed by atoms with Crippen molar-refractivity contribution in [1.29, 1.82) is 0 Å². The fourth-order valence-electron chi connectivity index (χ4n) is 3.71. The van der Waals surface area contributed by atoms with Crippen LogP contribution in [0, 0.1) is 17.8 Å². The Morgan fingerprint density at radius 3 is 1.71 bits per heavy atom. The Morgan fingerprint density at radius 1 is 1.03 bits per heavy atom. The molecule has 38 heavy (non-hydrogen) atoms. The number of nitrogens with two attached hydrogens (primary N) is 2. The standard InChI is InChI=1S/C11H17ClN10O2.2C2HF3O2/c12-8-5(3-18-22-16)4(2-17-21-15)7(6(23)1-13)11(8)9(24)19-10(14)20-11;2*3-2(4,5)1(6)7/h4-5,7-9,24H,1-3,13H2,(H3,14,19,20);2*(H,6,7)/t4-,5-,7-,8+,9?,11+;;/m1../s1. The zero-order valence-corrected chi connectivity index (χ0v) is 19.3. The van der Waals surface area contributed by atoms with E-state index in [1.807, 2.05) is 0 Å². The second-order valence-electron chi connectivity index (χ2n) is 7.26. The van der Waals surface area contributed by atoms with E-state index < -0.39 is 65.0 Å². The number of aliphatic imine (C=N–C) groups is 1. The summed E-state index contributed by atoms with van der Waals surface area (Å²) in [6.45, 7) is -0.413. The zero-order chi connectivity index (χ0) is 30.1. The molecule has 0 amide bonds. The number of rotatable bonds is 6. The van der Waals surface area contributed by atoms with E-state index in [1.165, 1.54) is 0 Å². The molecule has 2 aliphatic rings. The average molecular weight is 585 g/mol. The quantitative estimate of drug-likeness (QED) is 0.0846. The molecule has 2 rings (SSSR count). The molecule has 0 bridgehead atoms. The summed E-state index contributed by atoms with van der Waals surface area (Å²) in [6.07, 6.45) is -11.6. The molecule has 0 aromatic carbocycles. The lowest BCUT2D eigenvalue weighted by atomic mass is 9.78. The van der Waals surface area contributed by atoms with Gasteiger partial charge in [-0.05, 0) is 22.9 Å². The van der Waals surface area contributed by atoms with E-state index in [1.54, 1.807) is 0 Å². The summed E-state index contributed by atoms with van der Waals surface area (Å²) in [4.78, 5) is 39.5. The van der Waals surface area contributed by atoms with Crippen LogP contribution in [0.4, 0.5) is 26.3 Å². The number of carboxylic acid groups (broad SMARTS) is 2. The van der Waals surface area contributed by atoms with Gasteiger partial charge in [0.2, 0.25) is 0 Å². The molecule has 1 heterocycles. The molecule has 0 aromatic rings. The molecule has 16 nitrogen and oxygen atoms in total. The minimum absolute atomic E-state index is 0.0410. The summed E-state index contributed by atoms with van der Waals surface area (Å²) in [7, 11) is 0. The van der Waals surface area contributed by atoms with Gasteiger partial charge in [-0.2, -0.15) is 26.3 Å². The van der Waals surface area contributed by atoms with Crippen LogP contribution in [0.5, 0.6) is 0 Å². The Labute approximate surface area is 211 Å². The normalized spacial score (nSPS) is 27.7. The molecule has 8 N–H and O–H groups in total. The van der Waals surface area contributed by atoms with E-state index in [4.69, 9.17) is 53.9 Å². The van der Waals surface area contributed by atoms with Crippen LogP contribution in [0.15, 0.2) is 15.2 Å². The molecule has 1 spiro atoms. The molecular formula is C15H19ClF6N10O6. The molecular weight excluding hydrogens is 566 g/mol. The minimum Gasteiger partial charge on any atom is -0.475 e. The van der Waals surface area contributed by atoms with Gasteiger partial charge in [0.05, 0.1) is 17.8 Å². The van der Waals surface area contributed by atoms with E-state index in [0.717, 1.165) is 0 Å². The van der Waals surface area contributed by atoms with Gasteiger partial charge in [0.1, 0.15) is 5.54 Å². The van der Waals surface area contributed by atoms with Crippen LogP contribution < -0.4 is 16.8 Å². The molecule has 0 aromatic heterocycles. The number of guanidine groups is 1. The molecule has 0 saturated heterocycles. The largest absolute Gasteiger partial charge is 0.490 e. The van der Waals surface area contributed by atoms with E-state index in [9.17, 15) is 36.2 Å². The van der Waals surface area contributed by atoms with E-state index in [0.29, 0.717) is 0 Å². The average Bonchev–Trinajstić information content (AvgIpc) is 3.22. The molecule has 1 unspecified atom stereocenters. The van der Waals surface area contributed by atoms with Crippen molar-refractivity contribution in [2.24, 2.45) is 44.4 Å². The lowest BCUT2D eigenvalue weighted by Gasteiger charge is -2.36. The Balaban J connectivity index is 0.000000804. The number of aliphatic hydroxyl groups excluding tert-OH is 1. The number of nitrogens with one attached hydrogen (secondary N) is 1. The van der Waals surface area contributed by atoms with Gasteiger partial charge in [0, 0.05) is 22.9 Å². The molecule has 6 atom stereocenters. The van der Waals surface area contributed by atoms with Crippen LogP contribution >= 0.6 is 11.6 Å². The summed E-state index contributed by atoms with van der Waals surface area (Å²) in [5.41, 5.74) is 27.0. The van der Waals surface area contributed by atoms with Gasteiger partial charge >= 0.3 is 24.3 Å². The smallest absolute Gasteiger partial charge is 0.475 e. The summed E-state index contributed by atoms with van der Waals surface area (Å²) in [5, 5.41) is 33.7. The predicted molar refractivity (Wildman–Crippen MR) is 113 cm³/mol. The van der Waals surface area contributed by atoms with E-state index >= 15 is 0 Å². The maximum absolute atomic E-state index is 12.5. The van der Waals surface area contributed by atoms with E-state index in [-0.39, 0.29) is 25.6 Å². The monoisotopic (exact) mass is 584 g/mol. The third kappa shape index (κ3) is 8.42. The number of alkyl halides is 7. The number of aliphatic hydroxyl groups is 1. The first-order valence-corrected chi connectivity index (χ1v) is 10.0. The first-order valence-electron chi connectivity index (χ1n) is 9.61. The number of carbonyl (C=O) groups is 3. The minimum atomic E-state index is -5.08. The van der Waals surface area contributed by atoms with Crippen LogP contribution in [0.3, 0.4) is 0 Å². The van der Waals surface area contributed by atoms with Crippen molar-refractivity contribution in [3.8, 4) is 0 Å². The third-order valence-corrected chi connectivity index (χ3v) is 5.79. The topological polar surface area (TPSA) is 286 Å². The van der Waals surface area contributed by atoms with Gasteiger partial charge in [-0.25, -0.2) is 14.6 Å². The van der Waals surface area contributed by atoms with Crippen LogP contribution in [0.2, 0.25) is 0 Å². The number of Topliss-reactive ketones (excluding diaryl/α,β-unsaturated/α-hetero) is 1. The van der Waals surface area contributed by atoms with Gasteiger partial charge in [0.15, 0.2) is 18.0 Å². The Kier molecular flexibility index (Phi) is 12.4. The SMILES string of the molecule is O=C(O)C(F)(F)F.O=C(O)C(F)(F)F.[N-]=[N+]=NC[C@@H]1[C@@H](CN=[N+]=[N-])[C@H](C(=O)CN)[C@]2(NC(N)=NC2O)[C@H]1Cl. The summed E-state index contributed by atoms with van der Waals surface area (Å²) >= 11 is 6.54. The van der Waals surface area contributed by atoms with Crippen molar-refractivity contribution in [3.63, 3.8) is 0 Å². The lowest BCUT2D eigenvalue weighted by molar-refractivity contribution is -0.193. The fourth-order valence-corrected chi connectivity index (χ4v) is 4.28. The first-order chi connectivity index (χ1) is 17.3. The highest BCUT2D eigenvalue weighted by molar-refractivity contribution is 6.23. The van der Waals surface area contributed by atoms with Crippen molar-refractivity contribution < 1.29 is 56.0 Å². The molecule has 1 aliphatic carbocycles. The Hall–Kier alpha value is -3.71. The Bertz CT molecular complexity index is 992. The van der Waals surface area contributed by atoms with Gasteiger partial charge in [0.25, 0.3) is 0 Å². The highest BCUT2D eigenvalue weighted by Gasteiger charge is 2.66. The van der Waals surface area contributed by atoms with Crippen molar-refractivity contribution in [3.05, 3.63) is 20.9 Å². The molecule has 1 saturated carbocycles. The predicted octanol–water partition coefficient (Wildman–Crippen LogP) is 0.846.